The van der Waals surface area contributed by atoms with E-state index in [-0.39, 0.29) is 11.3 Å². The highest BCUT2D eigenvalue weighted by atomic mass is 32.1. The van der Waals surface area contributed by atoms with Crippen molar-refractivity contribution < 1.29 is 4.74 Å². The topological polar surface area (TPSA) is 35.2 Å². The van der Waals surface area contributed by atoms with Gasteiger partial charge in [0.2, 0.25) is 0 Å². The first-order valence-corrected chi connectivity index (χ1v) is 3.57. The Morgan fingerprint density at radius 1 is 1.56 bits per heavy atom. The minimum atomic E-state index is 0.156. The maximum atomic E-state index is 5.15. The van der Waals surface area contributed by atoms with Gasteiger partial charge in [0, 0.05) is 0 Å². The fourth-order valence-electron chi connectivity index (χ4n) is 0.620. The smallest absolute Gasteiger partial charge is 0.254 e. The molecule has 2 N–H and O–H groups in total. The molecule has 0 saturated heterocycles. The Morgan fingerprint density at radius 2 is 2.00 bits per heavy atom. The van der Waals surface area contributed by atoms with Crippen LogP contribution in [-0.4, -0.2) is 11.3 Å². The lowest BCUT2D eigenvalue weighted by molar-refractivity contribution is 0.182. The number of hydrogen-bond donors (Lipinski definition) is 1. The molecule has 0 radical (unpaired) electrons. The third kappa shape index (κ3) is 4.21. The van der Waals surface area contributed by atoms with Gasteiger partial charge >= 0.3 is 0 Å². The second-order valence-electron chi connectivity index (χ2n) is 1.88. The molecule has 0 aliphatic heterocycles. The van der Waals surface area contributed by atoms with Gasteiger partial charge in [0.1, 0.15) is 6.10 Å². The first kappa shape index (κ1) is 8.69. The van der Waals surface area contributed by atoms with Crippen LogP contribution in [-0.2, 0) is 4.74 Å². The van der Waals surface area contributed by atoms with E-state index in [9.17, 15) is 0 Å². The quantitative estimate of drug-likeness (QED) is 0.613. The SMILES string of the molecule is CCC(CC)OC(N)=S. The summed E-state index contributed by atoms with van der Waals surface area (Å²) < 4.78 is 5.06. The summed E-state index contributed by atoms with van der Waals surface area (Å²) in [4.78, 5) is 0. The zero-order valence-electron chi connectivity index (χ0n) is 5.89. The van der Waals surface area contributed by atoms with E-state index in [1.54, 1.807) is 0 Å². The Hall–Kier alpha value is -0.310. The summed E-state index contributed by atoms with van der Waals surface area (Å²) in [6.45, 7) is 4.10. The molecule has 0 spiro atoms. The highest BCUT2D eigenvalue weighted by molar-refractivity contribution is 7.80. The molecule has 9 heavy (non-hydrogen) atoms. The number of nitrogens with two attached hydrogens (primary N) is 1. The molecular formula is C6H13NOS. The van der Waals surface area contributed by atoms with Gasteiger partial charge in [-0.25, -0.2) is 0 Å². The molecular weight excluding hydrogens is 134 g/mol. The summed E-state index contributed by atoms with van der Waals surface area (Å²) in [6.07, 6.45) is 2.14. The highest BCUT2D eigenvalue weighted by Crippen LogP contribution is 2.01. The Balaban J connectivity index is 3.43. The predicted octanol–water partition coefficient (Wildman–Crippen LogP) is 1.44. The van der Waals surface area contributed by atoms with E-state index in [1.807, 2.05) is 13.8 Å². The van der Waals surface area contributed by atoms with E-state index in [0.29, 0.717) is 0 Å². The van der Waals surface area contributed by atoms with Crippen molar-refractivity contribution in [3.63, 3.8) is 0 Å². The van der Waals surface area contributed by atoms with Crippen LogP contribution in [0.5, 0.6) is 0 Å². The summed E-state index contributed by atoms with van der Waals surface area (Å²) in [7, 11) is 0. The molecule has 0 amide bonds. The molecule has 0 rings (SSSR count). The van der Waals surface area contributed by atoms with E-state index < -0.39 is 0 Å². The number of thiocarbonyl (C=S) groups is 1. The lowest BCUT2D eigenvalue weighted by atomic mass is 10.2. The second-order valence-corrected chi connectivity index (χ2v) is 2.28. The maximum Gasteiger partial charge on any atom is 0.254 e. The average molecular weight is 147 g/mol. The molecule has 0 aliphatic rings. The third-order valence-electron chi connectivity index (χ3n) is 1.19. The van der Waals surface area contributed by atoms with Gasteiger partial charge in [-0.1, -0.05) is 13.8 Å². The van der Waals surface area contributed by atoms with E-state index in [4.69, 9.17) is 10.5 Å². The Bertz CT molecular complexity index is 91.1. The largest absolute Gasteiger partial charge is 0.468 e. The van der Waals surface area contributed by atoms with Crippen molar-refractivity contribution in [1.29, 1.82) is 0 Å². The molecule has 0 aliphatic carbocycles. The summed E-state index contributed by atoms with van der Waals surface area (Å²) >= 11 is 4.56. The zero-order valence-corrected chi connectivity index (χ0v) is 6.70. The normalized spacial score (nSPS) is 9.67. The third-order valence-corrected chi connectivity index (χ3v) is 1.29. The van der Waals surface area contributed by atoms with Crippen molar-refractivity contribution in [1.82, 2.24) is 0 Å². The fraction of sp³-hybridized carbons (Fsp3) is 0.833. The van der Waals surface area contributed by atoms with Gasteiger partial charge in [0.15, 0.2) is 0 Å². The molecule has 2 nitrogen and oxygen atoms in total. The van der Waals surface area contributed by atoms with E-state index in [0.717, 1.165) is 12.8 Å². The first-order valence-electron chi connectivity index (χ1n) is 3.16. The van der Waals surface area contributed by atoms with Crippen molar-refractivity contribution in [2.75, 3.05) is 0 Å². The van der Waals surface area contributed by atoms with Gasteiger partial charge in [-0.3, -0.25) is 0 Å². The van der Waals surface area contributed by atoms with Crippen LogP contribution >= 0.6 is 12.2 Å². The number of rotatable bonds is 3. The molecule has 0 aromatic rings. The average Bonchev–Trinajstić information content (AvgIpc) is 1.82. The summed E-state index contributed by atoms with van der Waals surface area (Å²) in [5, 5.41) is 0.156. The molecule has 0 saturated carbocycles. The van der Waals surface area contributed by atoms with Crippen molar-refractivity contribution in [2.45, 2.75) is 32.8 Å². The molecule has 0 aromatic heterocycles. The summed E-state index contributed by atoms with van der Waals surface area (Å²) in [5.74, 6) is 0. The second kappa shape index (κ2) is 4.56. The van der Waals surface area contributed by atoms with Crippen LogP contribution < -0.4 is 5.73 Å². The van der Waals surface area contributed by atoms with Crippen LogP contribution in [0.25, 0.3) is 0 Å². The van der Waals surface area contributed by atoms with Gasteiger partial charge < -0.3 is 10.5 Å². The number of hydrogen-bond acceptors (Lipinski definition) is 2. The van der Waals surface area contributed by atoms with E-state index in [1.165, 1.54) is 0 Å². The van der Waals surface area contributed by atoms with Crippen molar-refractivity contribution in [2.24, 2.45) is 5.73 Å². The van der Waals surface area contributed by atoms with Gasteiger partial charge in [-0.15, -0.1) is 0 Å². The summed E-state index contributed by atoms with van der Waals surface area (Å²) in [6, 6.07) is 0. The number of ether oxygens (including phenoxy) is 1. The highest BCUT2D eigenvalue weighted by Gasteiger charge is 2.02. The molecule has 0 heterocycles. The minimum Gasteiger partial charge on any atom is -0.468 e. The Kier molecular flexibility index (Phi) is 4.40. The van der Waals surface area contributed by atoms with Crippen LogP contribution in [0.4, 0.5) is 0 Å². The van der Waals surface area contributed by atoms with Gasteiger partial charge in [-0.2, -0.15) is 0 Å². The van der Waals surface area contributed by atoms with Gasteiger partial charge in [0.05, 0.1) is 0 Å². The molecule has 0 aromatic carbocycles. The van der Waals surface area contributed by atoms with Crippen LogP contribution in [0, 0.1) is 0 Å². The predicted molar refractivity (Wildman–Crippen MR) is 42.2 cm³/mol. The molecule has 3 heteroatoms. The van der Waals surface area contributed by atoms with E-state index >= 15 is 0 Å². The van der Waals surface area contributed by atoms with Gasteiger partial charge in [-0.05, 0) is 25.1 Å². The molecule has 0 unspecified atom stereocenters. The Morgan fingerprint density at radius 3 is 2.11 bits per heavy atom. The molecule has 0 atom stereocenters. The standard InChI is InChI=1S/C6H13NOS/c1-3-5(4-2)8-6(7)9/h5H,3-4H2,1-2H3,(H2,7,9). The lowest BCUT2D eigenvalue weighted by Crippen LogP contribution is -2.21. The van der Waals surface area contributed by atoms with Crippen LogP contribution in [0.15, 0.2) is 0 Å². The van der Waals surface area contributed by atoms with Crippen molar-refractivity contribution >= 4 is 17.4 Å². The zero-order chi connectivity index (χ0) is 7.28. The summed E-state index contributed by atoms with van der Waals surface area (Å²) in [5.41, 5.74) is 5.15. The lowest BCUT2D eigenvalue weighted by Gasteiger charge is -2.12. The van der Waals surface area contributed by atoms with Crippen molar-refractivity contribution in [3.05, 3.63) is 0 Å². The first-order chi connectivity index (χ1) is 4.20. The fourth-order valence-corrected chi connectivity index (χ4v) is 0.756. The van der Waals surface area contributed by atoms with Crippen LogP contribution in [0.3, 0.4) is 0 Å². The molecule has 54 valence electrons. The monoisotopic (exact) mass is 147 g/mol. The maximum absolute atomic E-state index is 5.15. The minimum absolute atomic E-state index is 0.156. The van der Waals surface area contributed by atoms with E-state index in [2.05, 4.69) is 12.2 Å². The van der Waals surface area contributed by atoms with Crippen molar-refractivity contribution in [3.8, 4) is 0 Å². The Labute approximate surface area is 61.4 Å². The van der Waals surface area contributed by atoms with Crippen LogP contribution in [0.2, 0.25) is 0 Å². The molecule has 0 bridgehead atoms. The van der Waals surface area contributed by atoms with Gasteiger partial charge in [0.25, 0.3) is 5.17 Å². The van der Waals surface area contributed by atoms with Crippen LogP contribution in [0.1, 0.15) is 26.7 Å². The molecule has 0 fully saturated rings.